The molecule has 2 amide bonds. The van der Waals surface area contributed by atoms with Crippen LogP contribution in [0.25, 0.3) is 10.2 Å². The van der Waals surface area contributed by atoms with E-state index in [2.05, 4.69) is 9.97 Å². The first-order chi connectivity index (χ1) is 15.4. The number of amides is 2. The lowest BCUT2D eigenvalue weighted by atomic mass is 10.1. The van der Waals surface area contributed by atoms with E-state index in [9.17, 15) is 9.59 Å². The molecule has 0 radical (unpaired) electrons. The Kier molecular flexibility index (Phi) is 6.59. The summed E-state index contributed by atoms with van der Waals surface area (Å²) in [6, 6.07) is 6.90. The van der Waals surface area contributed by atoms with Crippen molar-refractivity contribution >= 4 is 45.0 Å². The second-order valence-corrected chi connectivity index (χ2v) is 8.85. The topological polar surface area (TPSA) is 84.9 Å². The Morgan fingerprint density at radius 2 is 1.78 bits per heavy atom. The van der Waals surface area contributed by atoms with E-state index in [-0.39, 0.29) is 18.4 Å². The van der Waals surface area contributed by atoms with E-state index in [1.54, 1.807) is 48.3 Å². The van der Waals surface area contributed by atoms with Crippen molar-refractivity contribution in [3.63, 3.8) is 0 Å². The second kappa shape index (κ2) is 9.40. The van der Waals surface area contributed by atoms with E-state index in [4.69, 9.17) is 21.1 Å². The highest BCUT2D eigenvalue weighted by atomic mass is 35.5. The number of nitrogens with zero attached hydrogens (tertiary/aromatic N) is 4. The monoisotopic (exact) mass is 474 g/mol. The van der Waals surface area contributed by atoms with Crippen LogP contribution in [-0.4, -0.2) is 72.0 Å². The second-order valence-electron chi connectivity index (χ2n) is 7.41. The molecule has 0 unspecified atom stereocenters. The van der Waals surface area contributed by atoms with E-state index < -0.39 is 0 Å². The Balaban J connectivity index is 1.52. The number of hydrogen-bond donors (Lipinski definition) is 0. The van der Waals surface area contributed by atoms with Crippen LogP contribution in [0.3, 0.4) is 0 Å². The third-order valence-corrected chi connectivity index (χ3v) is 6.80. The van der Waals surface area contributed by atoms with Gasteiger partial charge in [0.05, 0.1) is 17.4 Å². The largest absolute Gasteiger partial charge is 0.480 e. The highest BCUT2D eigenvalue weighted by molar-refractivity contribution is 7.20. The molecular formula is C22H23ClN4O4S. The van der Waals surface area contributed by atoms with E-state index in [1.807, 2.05) is 6.92 Å². The summed E-state index contributed by atoms with van der Waals surface area (Å²) in [5.41, 5.74) is 1.35. The normalized spacial score (nSPS) is 14.1. The SMILES string of the molecule is COCc1nc(OC)c2c(C)c(C(=O)N3CCN(C(=O)c4cccc(Cl)c4)CC3)sc2n1. The molecule has 3 aromatic rings. The maximum atomic E-state index is 13.3. The summed E-state index contributed by atoms with van der Waals surface area (Å²) in [6.07, 6.45) is 0. The van der Waals surface area contributed by atoms with Gasteiger partial charge in [0.25, 0.3) is 11.8 Å². The molecule has 1 aliphatic heterocycles. The van der Waals surface area contributed by atoms with Gasteiger partial charge >= 0.3 is 0 Å². The zero-order chi connectivity index (χ0) is 22.8. The van der Waals surface area contributed by atoms with Gasteiger partial charge in [-0.3, -0.25) is 9.59 Å². The number of fused-ring (bicyclic) bond motifs is 1. The van der Waals surface area contributed by atoms with Crippen LogP contribution in [0, 0.1) is 6.92 Å². The fourth-order valence-electron chi connectivity index (χ4n) is 3.75. The zero-order valence-corrected chi connectivity index (χ0v) is 19.6. The van der Waals surface area contributed by atoms with E-state index in [0.717, 1.165) is 10.9 Å². The Morgan fingerprint density at radius 1 is 1.09 bits per heavy atom. The number of benzene rings is 1. The van der Waals surface area contributed by atoms with Crippen LogP contribution in [0.5, 0.6) is 5.88 Å². The third kappa shape index (κ3) is 4.28. The van der Waals surface area contributed by atoms with Gasteiger partial charge in [-0.1, -0.05) is 17.7 Å². The molecule has 2 aromatic heterocycles. The molecule has 0 atom stereocenters. The Hall–Kier alpha value is -2.75. The molecule has 0 aliphatic carbocycles. The van der Waals surface area contributed by atoms with Crippen molar-refractivity contribution in [2.45, 2.75) is 13.5 Å². The summed E-state index contributed by atoms with van der Waals surface area (Å²) in [5, 5.41) is 1.27. The van der Waals surface area contributed by atoms with Crippen molar-refractivity contribution in [2.24, 2.45) is 0 Å². The molecule has 8 nitrogen and oxygen atoms in total. The van der Waals surface area contributed by atoms with Gasteiger partial charge < -0.3 is 19.3 Å². The smallest absolute Gasteiger partial charge is 0.264 e. The predicted molar refractivity (Wildman–Crippen MR) is 123 cm³/mol. The van der Waals surface area contributed by atoms with Gasteiger partial charge in [0.1, 0.15) is 11.4 Å². The minimum atomic E-state index is -0.0803. The number of piperazine rings is 1. The molecule has 168 valence electrons. The van der Waals surface area contributed by atoms with Crippen molar-refractivity contribution in [3.8, 4) is 5.88 Å². The zero-order valence-electron chi connectivity index (χ0n) is 18.1. The fraction of sp³-hybridized carbons (Fsp3) is 0.364. The van der Waals surface area contributed by atoms with E-state index in [1.165, 1.54) is 11.3 Å². The predicted octanol–water partition coefficient (Wildman–Crippen LogP) is 3.41. The average molecular weight is 475 g/mol. The molecule has 0 N–H and O–H groups in total. The van der Waals surface area contributed by atoms with Gasteiger partial charge in [0, 0.05) is 43.9 Å². The first-order valence-electron chi connectivity index (χ1n) is 10.1. The Labute approximate surface area is 194 Å². The lowest BCUT2D eigenvalue weighted by molar-refractivity contribution is 0.0538. The standard InChI is InChI=1S/C22H23ClN4O4S/c1-13-17-19(31-3)24-16(12-30-2)25-20(17)32-18(13)22(29)27-9-7-26(8-10-27)21(28)14-5-4-6-15(23)11-14/h4-6,11H,7-10,12H2,1-3H3. The summed E-state index contributed by atoms with van der Waals surface area (Å²) >= 11 is 7.34. The Bertz CT molecular complexity index is 1170. The molecule has 0 spiro atoms. The van der Waals surface area contributed by atoms with Crippen molar-refractivity contribution < 1.29 is 19.1 Å². The highest BCUT2D eigenvalue weighted by Crippen LogP contribution is 2.35. The lowest BCUT2D eigenvalue weighted by Crippen LogP contribution is -2.50. The number of methoxy groups -OCH3 is 2. The van der Waals surface area contributed by atoms with Gasteiger partial charge in [-0.2, -0.15) is 4.98 Å². The third-order valence-electron chi connectivity index (χ3n) is 5.39. The number of thiophene rings is 1. The molecule has 1 aromatic carbocycles. The number of aryl methyl sites for hydroxylation is 1. The molecule has 1 saturated heterocycles. The molecule has 4 rings (SSSR count). The van der Waals surface area contributed by atoms with Crippen LogP contribution in [0.4, 0.5) is 0 Å². The maximum Gasteiger partial charge on any atom is 0.264 e. The molecule has 0 saturated carbocycles. The number of hydrogen-bond acceptors (Lipinski definition) is 7. The molecule has 0 bridgehead atoms. The number of carbonyl (C=O) groups is 2. The molecule has 32 heavy (non-hydrogen) atoms. The highest BCUT2D eigenvalue weighted by Gasteiger charge is 2.29. The van der Waals surface area contributed by atoms with E-state index >= 15 is 0 Å². The number of halogens is 1. The lowest BCUT2D eigenvalue weighted by Gasteiger charge is -2.34. The van der Waals surface area contributed by atoms with Gasteiger partial charge in [-0.15, -0.1) is 11.3 Å². The minimum Gasteiger partial charge on any atom is -0.480 e. The molecule has 10 heteroatoms. The number of ether oxygens (including phenoxy) is 2. The average Bonchev–Trinajstić information content (AvgIpc) is 3.14. The summed E-state index contributed by atoms with van der Waals surface area (Å²) in [4.78, 5) is 39.8. The van der Waals surface area contributed by atoms with Crippen LogP contribution < -0.4 is 4.74 Å². The number of aromatic nitrogens is 2. The summed E-state index contributed by atoms with van der Waals surface area (Å²) < 4.78 is 10.6. The fourth-order valence-corrected chi connectivity index (χ4v) is 5.10. The first-order valence-corrected chi connectivity index (χ1v) is 11.3. The van der Waals surface area contributed by atoms with Gasteiger partial charge in [0.2, 0.25) is 5.88 Å². The maximum absolute atomic E-state index is 13.3. The van der Waals surface area contributed by atoms with Crippen molar-refractivity contribution in [3.05, 3.63) is 51.1 Å². The van der Waals surface area contributed by atoms with Gasteiger partial charge in [-0.05, 0) is 30.7 Å². The minimum absolute atomic E-state index is 0.0734. The summed E-state index contributed by atoms with van der Waals surface area (Å²) in [7, 11) is 3.12. The molecule has 1 aliphatic rings. The molecule has 1 fully saturated rings. The number of rotatable bonds is 5. The van der Waals surface area contributed by atoms with Crippen LogP contribution in [0.2, 0.25) is 5.02 Å². The van der Waals surface area contributed by atoms with Crippen LogP contribution in [0.1, 0.15) is 31.4 Å². The van der Waals surface area contributed by atoms with Crippen LogP contribution in [-0.2, 0) is 11.3 Å². The van der Waals surface area contributed by atoms with Crippen molar-refractivity contribution in [1.29, 1.82) is 0 Å². The van der Waals surface area contributed by atoms with E-state index in [0.29, 0.717) is 58.2 Å². The first kappa shape index (κ1) is 22.4. The molecule has 3 heterocycles. The van der Waals surface area contributed by atoms with Gasteiger partial charge in [-0.25, -0.2) is 4.98 Å². The Morgan fingerprint density at radius 3 is 2.41 bits per heavy atom. The summed E-state index contributed by atoms with van der Waals surface area (Å²) in [5.74, 6) is 0.788. The quantitative estimate of drug-likeness (QED) is 0.563. The van der Waals surface area contributed by atoms with Crippen LogP contribution >= 0.6 is 22.9 Å². The van der Waals surface area contributed by atoms with Crippen molar-refractivity contribution in [1.82, 2.24) is 19.8 Å². The number of carbonyl (C=O) groups excluding carboxylic acids is 2. The van der Waals surface area contributed by atoms with Crippen molar-refractivity contribution in [2.75, 3.05) is 40.4 Å². The molecular weight excluding hydrogens is 452 g/mol. The van der Waals surface area contributed by atoms with Crippen LogP contribution in [0.15, 0.2) is 24.3 Å². The van der Waals surface area contributed by atoms with Gasteiger partial charge in [0.15, 0.2) is 5.82 Å². The summed E-state index contributed by atoms with van der Waals surface area (Å²) in [6.45, 7) is 3.97.